The Bertz CT molecular complexity index is 502. The standard InChI is InChI=1S/C12H12N3O/c1-9-8-11(15(2)14-9)12(16)13-10-6-4-3-5-7-10/h3-4,6-8H,1-2H3,(H,13,16). The van der Waals surface area contributed by atoms with Gasteiger partial charge < -0.3 is 5.32 Å². The number of benzene rings is 1. The third-order valence-electron chi connectivity index (χ3n) is 2.20. The first-order valence-corrected chi connectivity index (χ1v) is 4.95. The number of anilines is 1. The molecule has 16 heavy (non-hydrogen) atoms. The minimum Gasteiger partial charge on any atom is -0.321 e. The molecule has 0 aliphatic rings. The van der Waals surface area contributed by atoms with Crippen LogP contribution in [0.5, 0.6) is 0 Å². The van der Waals surface area contributed by atoms with Gasteiger partial charge >= 0.3 is 0 Å². The third-order valence-corrected chi connectivity index (χ3v) is 2.20. The second kappa shape index (κ2) is 4.18. The van der Waals surface area contributed by atoms with Crippen molar-refractivity contribution in [1.29, 1.82) is 0 Å². The van der Waals surface area contributed by atoms with Gasteiger partial charge in [0.2, 0.25) is 0 Å². The fourth-order valence-electron chi connectivity index (χ4n) is 1.49. The molecule has 0 bridgehead atoms. The molecule has 0 fully saturated rings. The molecule has 0 spiro atoms. The van der Waals surface area contributed by atoms with Crippen LogP contribution < -0.4 is 5.32 Å². The molecular weight excluding hydrogens is 202 g/mol. The van der Waals surface area contributed by atoms with Gasteiger partial charge in [-0.05, 0) is 31.2 Å². The van der Waals surface area contributed by atoms with Crippen molar-refractivity contribution in [2.24, 2.45) is 7.05 Å². The van der Waals surface area contributed by atoms with Gasteiger partial charge in [0.15, 0.2) is 0 Å². The molecule has 1 heterocycles. The van der Waals surface area contributed by atoms with Crippen LogP contribution in [-0.2, 0) is 7.05 Å². The van der Waals surface area contributed by atoms with E-state index in [0.717, 1.165) is 11.4 Å². The Labute approximate surface area is 93.9 Å². The van der Waals surface area contributed by atoms with Gasteiger partial charge in [-0.3, -0.25) is 9.48 Å². The average Bonchev–Trinajstić information content (AvgIpc) is 2.59. The van der Waals surface area contributed by atoms with E-state index >= 15 is 0 Å². The van der Waals surface area contributed by atoms with Crippen LogP contribution in [0.2, 0.25) is 0 Å². The molecule has 1 aromatic heterocycles. The van der Waals surface area contributed by atoms with Crippen LogP contribution in [0.3, 0.4) is 0 Å². The summed E-state index contributed by atoms with van der Waals surface area (Å²) in [5, 5.41) is 6.90. The number of aryl methyl sites for hydroxylation is 2. The van der Waals surface area contributed by atoms with Gasteiger partial charge in [-0.15, -0.1) is 0 Å². The normalized spacial score (nSPS) is 10.1. The van der Waals surface area contributed by atoms with Crippen LogP contribution in [-0.4, -0.2) is 15.7 Å². The predicted molar refractivity (Wildman–Crippen MR) is 61.2 cm³/mol. The first kappa shape index (κ1) is 10.4. The quantitative estimate of drug-likeness (QED) is 0.828. The lowest BCUT2D eigenvalue weighted by Crippen LogP contribution is -2.15. The number of nitrogens with zero attached hydrogens (tertiary/aromatic N) is 2. The van der Waals surface area contributed by atoms with Crippen LogP contribution in [0, 0.1) is 13.0 Å². The predicted octanol–water partition coefficient (Wildman–Crippen LogP) is 1.78. The fourth-order valence-corrected chi connectivity index (χ4v) is 1.49. The molecule has 1 amide bonds. The highest BCUT2D eigenvalue weighted by atomic mass is 16.2. The zero-order chi connectivity index (χ0) is 11.5. The molecular formula is C12H12N3O. The Morgan fingerprint density at radius 2 is 2.38 bits per heavy atom. The Morgan fingerprint density at radius 1 is 1.56 bits per heavy atom. The number of rotatable bonds is 2. The van der Waals surface area contributed by atoms with Gasteiger partial charge in [0, 0.05) is 12.7 Å². The van der Waals surface area contributed by atoms with Gasteiger partial charge in [0.05, 0.1) is 5.69 Å². The number of carbonyl (C=O) groups is 1. The number of hydrogen-bond donors (Lipinski definition) is 1. The summed E-state index contributed by atoms with van der Waals surface area (Å²) in [4.78, 5) is 11.9. The number of carbonyl (C=O) groups excluding carboxylic acids is 1. The van der Waals surface area contributed by atoms with Crippen molar-refractivity contribution in [1.82, 2.24) is 9.78 Å². The van der Waals surface area contributed by atoms with Gasteiger partial charge in [0.25, 0.3) is 5.91 Å². The highest BCUT2D eigenvalue weighted by Gasteiger charge is 2.11. The number of hydrogen-bond acceptors (Lipinski definition) is 2. The largest absolute Gasteiger partial charge is 0.321 e. The highest BCUT2D eigenvalue weighted by Crippen LogP contribution is 2.08. The lowest BCUT2D eigenvalue weighted by atomic mass is 10.3. The molecule has 1 aromatic carbocycles. The second-order valence-electron chi connectivity index (χ2n) is 3.54. The molecule has 2 aromatic rings. The summed E-state index contributed by atoms with van der Waals surface area (Å²) in [7, 11) is 1.75. The summed E-state index contributed by atoms with van der Waals surface area (Å²) < 4.78 is 1.57. The fraction of sp³-hybridized carbons (Fsp3) is 0.167. The Kier molecular flexibility index (Phi) is 2.72. The van der Waals surface area contributed by atoms with Crippen LogP contribution in [0.1, 0.15) is 16.2 Å². The van der Waals surface area contributed by atoms with Crippen LogP contribution in [0.15, 0.2) is 30.3 Å². The topological polar surface area (TPSA) is 46.9 Å². The minimum atomic E-state index is -0.164. The van der Waals surface area contributed by atoms with Crippen molar-refractivity contribution >= 4 is 11.6 Å². The maximum atomic E-state index is 11.9. The molecule has 81 valence electrons. The highest BCUT2D eigenvalue weighted by molar-refractivity contribution is 6.03. The van der Waals surface area contributed by atoms with Crippen molar-refractivity contribution in [2.75, 3.05) is 5.32 Å². The second-order valence-corrected chi connectivity index (χ2v) is 3.54. The molecule has 0 aliphatic heterocycles. The molecule has 1 radical (unpaired) electrons. The van der Waals surface area contributed by atoms with Crippen LogP contribution in [0.4, 0.5) is 5.69 Å². The number of aromatic nitrogens is 2. The summed E-state index contributed by atoms with van der Waals surface area (Å²) in [5.41, 5.74) is 2.10. The van der Waals surface area contributed by atoms with Crippen LogP contribution in [0.25, 0.3) is 0 Å². The molecule has 1 N–H and O–H groups in total. The van der Waals surface area contributed by atoms with Crippen molar-refractivity contribution in [3.8, 4) is 0 Å². The first-order chi connectivity index (χ1) is 7.66. The van der Waals surface area contributed by atoms with Crippen molar-refractivity contribution < 1.29 is 4.79 Å². The molecule has 4 nitrogen and oxygen atoms in total. The molecule has 0 unspecified atom stereocenters. The summed E-state index contributed by atoms with van der Waals surface area (Å²) in [5.74, 6) is -0.164. The lowest BCUT2D eigenvalue weighted by molar-refractivity contribution is 0.101. The maximum absolute atomic E-state index is 11.9. The minimum absolute atomic E-state index is 0.164. The summed E-state index contributed by atoms with van der Waals surface area (Å²) >= 11 is 0. The number of nitrogens with one attached hydrogen (secondary N) is 1. The molecule has 2 rings (SSSR count). The SMILES string of the molecule is Cc1cc(C(=O)Nc2c[c]ccc2)n(C)n1. The van der Waals surface area contributed by atoms with Crippen LogP contribution >= 0.6 is 0 Å². The van der Waals surface area contributed by atoms with E-state index in [1.807, 2.05) is 19.1 Å². The van der Waals surface area contributed by atoms with Crippen molar-refractivity contribution in [3.63, 3.8) is 0 Å². The van der Waals surface area contributed by atoms with E-state index in [1.54, 1.807) is 29.9 Å². The first-order valence-electron chi connectivity index (χ1n) is 4.95. The molecule has 0 saturated carbocycles. The molecule has 0 saturated heterocycles. The summed E-state index contributed by atoms with van der Waals surface area (Å²) in [6.45, 7) is 1.85. The Morgan fingerprint density at radius 3 is 2.94 bits per heavy atom. The summed E-state index contributed by atoms with van der Waals surface area (Å²) in [6, 6.07) is 11.8. The molecule has 0 aliphatic carbocycles. The third kappa shape index (κ3) is 2.11. The van der Waals surface area contributed by atoms with E-state index in [1.165, 1.54) is 0 Å². The smallest absolute Gasteiger partial charge is 0.273 e. The maximum Gasteiger partial charge on any atom is 0.273 e. The van der Waals surface area contributed by atoms with Gasteiger partial charge in [-0.1, -0.05) is 12.1 Å². The zero-order valence-corrected chi connectivity index (χ0v) is 9.19. The molecule has 0 atom stereocenters. The van der Waals surface area contributed by atoms with Gasteiger partial charge in [-0.25, -0.2) is 0 Å². The Hall–Kier alpha value is -2.10. The van der Waals surface area contributed by atoms with Gasteiger partial charge in [0.1, 0.15) is 5.69 Å². The van der Waals surface area contributed by atoms with E-state index in [2.05, 4.69) is 16.5 Å². The summed E-state index contributed by atoms with van der Waals surface area (Å²) in [6.07, 6.45) is 0. The van der Waals surface area contributed by atoms with E-state index in [-0.39, 0.29) is 5.91 Å². The lowest BCUT2D eigenvalue weighted by Gasteiger charge is -2.04. The van der Waals surface area contributed by atoms with E-state index in [4.69, 9.17) is 0 Å². The number of amides is 1. The van der Waals surface area contributed by atoms with Crippen molar-refractivity contribution in [3.05, 3.63) is 47.8 Å². The molecule has 4 heteroatoms. The van der Waals surface area contributed by atoms with Crippen molar-refractivity contribution in [2.45, 2.75) is 6.92 Å². The average molecular weight is 214 g/mol. The zero-order valence-electron chi connectivity index (χ0n) is 9.19. The Balaban J connectivity index is 2.18. The van der Waals surface area contributed by atoms with E-state index in [9.17, 15) is 4.79 Å². The van der Waals surface area contributed by atoms with E-state index in [0.29, 0.717) is 5.69 Å². The van der Waals surface area contributed by atoms with Gasteiger partial charge in [-0.2, -0.15) is 5.10 Å². The monoisotopic (exact) mass is 214 g/mol. The van der Waals surface area contributed by atoms with E-state index < -0.39 is 0 Å².